The molecule has 2 unspecified atom stereocenters. The van der Waals surface area contributed by atoms with Crippen LogP contribution in [0.1, 0.15) is 30.0 Å². The maximum atomic E-state index is 3.60. The van der Waals surface area contributed by atoms with E-state index in [2.05, 4.69) is 53.5 Å². The number of rotatable bonds is 2. The van der Waals surface area contributed by atoms with Gasteiger partial charge in [-0.05, 0) is 44.5 Å². The summed E-state index contributed by atoms with van der Waals surface area (Å²) in [5, 5.41) is 3.60. The molecule has 0 saturated carbocycles. The zero-order chi connectivity index (χ0) is 13.9. The van der Waals surface area contributed by atoms with Crippen LogP contribution < -0.4 is 5.32 Å². The van der Waals surface area contributed by atoms with E-state index < -0.39 is 0 Å². The molecule has 2 atom stereocenters. The molecule has 1 aliphatic heterocycles. The van der Waals surface area contributed by atoms with E-state index in [0.717, 1.165) is 0 Å². The number of fused-ring (bicyclic) bond motifs is 1. The summed E-state index contributed by atoms with van der Waals surface area (Å²) in [7, 11) is 4.35. The fourth-order valence-electron chi connectivity index (χ4n) is 3.84. The van der Waals surface area contributed by atoms with Gasteiger partial charge in [0.05, 0.1) is 0 Å². The van der Waals surface area contributed by atoms with E-state index in [1.54, 1.807) is 5.56 Å². The van der Waals surface area contributed by atoms with Gasteiger partial charge < -0.3 is 10.2 Å². The van der Waals surface area contributed by atoms with Crippen molar-refractivity contribution in [2.45, 2.75) is 31.3 Å². The Morgan fingerprint density at radius 2 is 1.85 bits per heavy atom. The summed E-state index contributed by atoms with van der Waals surface area (Å²) in [6.07, 6.45) is 3.86. The van der Waals surface area contributed by atoms with Gasteiger partial charge in [-0.15, -0.1) is 0 Å². The van der Waals surface area contributed by atoms with Gasteiger partial charge in [0, 0.05) is 38.3 Å². The number of aryl methyl sites for hydroxylation is 1. The molecular formula is C17H27N3. The lowest BCUT2D eigenvalue weighted by Crippen LogP contribution is -2.52. The fraction of sp³-hybridized carbons (Fsp3) is 0.647. The van der Waals surface area contributed by atoms with Crippen molar-refractivity contribution in [1.29, 1.82) is 0 Å². The molecule has 1 aromatic rings. The van der Waals surface area contributed by atoms with Crippen molar-refractivity contribution in [2.75, 3.05) is 40.3 Å². The fourth-order valence-corrected chi connectivity index (χ4v) is 3.84. The van der Waals surface area contributed by atoms with Crippen molar-refractivity contribution < 1.29 is 0 Å². The molecule has 2 aliphatic rings. The lowest BCUT2D eigenvalue weighted by molar-refractivity contribution is 0.0875. The second-order valence-electron chi connectivity index (χ2n) is 6.26. The largest absolute Gasteiger partial charge is 0.312 e. The standard InChI is InChI=1S/C17H27N3/c1-18-17-15-8-4-3-6-14(15)7-5-9-16(17)20-12-10-19(2)11-13-20/h3-4,6,8,16-18H,5,7,9-13H2,1-2H3. The Balaban J connectivity index is 1.84. The minimum Gasteiger partial charge on any atom is -0.312 e. The van der Waals surface area contributed by atoms with E-state index in [1.807, 2.05) is 0 Å². The molecule has 1 heterocycles. The highest BCUT2D eigenvalue weighted by molar-refractivity contribution is 5.32. The molecule has 1 saturated heterocycles. The molecule has 3 nitrogen and oxygen atoms in total. The Kier molecular flexibility index (Phi) is 4.39. The van der Waals surface area contributed by atoms with Crippen molar-refractivity contribution in [3.05, 3.63) is 35.4 Å². The van der Waals surface area contributed by atoms with Crippen molar-refractivity contribution >= 4 is 0 Å². The van der Waals surface area contributed by atoms with Gasteiger partial charge in [0.15, 0.2) is 0 Å². The monoisotopic (exact) mass is 273 g/mol. The highest BCUT2D eigenvalue weighted by Gasteiger charge is 2.32. The van der Waals surface area contributed by atoms with Crippen molar-refractivity contribution in [1.82, 2.24) is 15.1 Å². The Hall–Kier alpha value is -0.900. The third-order valence-corrected chi connectivity index (χ3v) is 5.04. The minimum atomic E-state index is 0.483. The van der Waals surface area contributed by atoms with E-state index in [1.165, 1.54) is 51.0 Å². The quantitative estimate of drug-likeness (QED) is 0.830. The Morgan fingerprint density at radius 1 is 1.10 bits per heavy atom. The van der Waals surface area contributed by atoms with Gasteiger partial charge in [-0.3, -0.25) is 4.90 Å². The number of nitrogens with one attached hydrogen (secondary N) is 1. The number of likely N-dealkylation sites (N-methyl/N-ethyl adjacent to an activating group) is 2. The highest BCUT2D eigenvalue weighted by Crippen LogP contribution is 2.32. The molecule has 1 N–H and O–H groups in total. The summed E-state index contributed by atoms with van der Waals surface area (Å²) in [4.78, 5) is 5.15. The Morgan fingerprint density at radius 3 is 2.60 bits per heavy atom. The lowest BCUT2D eigenvalue weighted by atomic mass is 9.95. The van der Waals surface area contributed by atoms with Gasteiger partial charge in [-0.2, -0.15) is 0 Å². The molecule has 110 valence electrons. The topological polar surface area (TPSA) is 18.5 Å². The predicted octanol–water partition coefficient (Wildman–Crippen LogP) is 1.90. The van der Waals surface area contributed by atoms with E-state index in [0.29, 0.717) is 12.1 Å². The van der Waals surface area contributed by atoms with Crippen LogP contribution in [0.15, 0.2) is 24.3 Å². The Bertz CT molecular complexity index is 438. The van der Waals surface area contributed by atoms with Gasteiger partial charge in [0.1, 0.15) is 0 Å². The van der Waals surface area contributed by atoms with Gasteiger partial charge in [-0.1, -0.05) is 24.3 Å². The van der Waals surface area contributed by atoms with Gasteiger partial charge >= 0.3 is 0 Å². The number of benzene rings is 1. The average molecular weight is 273 g/mol. The summed E-state index contributed by atoms with van der Waals surface area (Å²) in [6, 6.07) is 10.1. The normalized spacial score (nSPS) is 28.9. The SMILES string of the molecule is CNC1c2ccccc2CCCC1N1CCN(C)CC1. The zero-order valence-electron chi connectivity index (χ0n) is 12.8. The molecule has 0 aromatic heterocycles. The van der Waals surface area contributed by atoms with Crippen LogP contribution in [0.3, 0.4) is 0 Å². The number of hydrogen-bond acceptors (Lipinski definition) is 3. The van der Waals surface area contributed by atoms with Crippen molar-refractivity contribution in [2.24, 2.45) is 0 Å². The van der Waals surface area contributed by atoms with Crippen LogP contribution in [-0.2, 0) is 6.42 Å². The van der Waals surface area contributed by atoms with E-state index in [9.17, 15) is 0 Å². The summed E-state index contributed by atoms with van der Waals surface area (Å²) in [5.41, 5.74) is 3.07. The molecular weight excluding hydrogens is 246 g/mol. The van der Waals surface area contributed by atoms with E-state index in [-0.39, 0.29) is 0 Å². The maximum absolute atomic E-state index is 3.60. The minimum absolute atomic E-state index is 0.483. The van der Waals surface area contributed by atoms with Crippen LogP contribution in [0.5, 0.6) is 0 Å². The van der Waals surface area contributed by atoms with Crippen LogP contribution >= 0.6 is 0 Å². The van der Waals surface area contributed by atoms with Gasteiger partial charge in [0.25, 0.3) is 0 Å². The zero-order valence-corrected chi connectivity index (χ0v) is 12.8. The first-order valence-electron chi connectivity index (χ1n) is 7.97. The van der Waals surface area contributed by atoms with Crippen LogP contribution in [0.25, 0.3) is 0 Å². The molecule has 0 spiro atoms. The number of nitrogens with zero attached hydrogens (tertiary/aromatic N) is 2. The first-order valence-corrected chi connectivity index (χ1v) is 7.97. The molecule has 1 aliphatic carbocycles. The number of piperazine rings is 1. The third-order valence-electron chi connectivity index (χ3n) is 5.04. The summed E-state index contributed by atoms with van der Waals surface area (Å²) in [6.45, 7) is 4.83. The lowest BCUT2D eigenvalue weighted by Gasteiger charge is -2.41. The summed E-state index contributed by atoms with van der Waals surface area (Å²) < 4.78 is 0. The summed E-state index contributed by atoms with van der Waals surface area (Å²) in [5.74, 6) is 0. The van der Waals surface area contributed by atoms with Crippen LogP contribution in [0.2, 0.25) is 0 Å². The molecule has 0 bridgehead atoms. The van der Waals surface area contributed by atoms with Crippen molar-refractivity contribution in [3.8, 4) is 0 Å². The molecule has 1 fully saturated rings. The third kappa shape index (κ3) is 2.76. The first-order chi connectivity index (χ1) is 9.79. The van der Waals surface area contributed by atoms with Crippen LogP contribution in [-0.4, -0.2) is 56.1 Å². The van der Waals surface area contributed by atoms with E-state index in [4.69, 9.17) is 0 Å². The summed E-state index contributed by atoms with van der Waals surface area (Å²) >= 11 is 0. The van der Waals surface area contributed by atoms with E-state index >= 15 is 0 Å². The molecule has 0 radical (unpaired) electrons. The predicted molar refractivity (Wildman–Crippen MR) is 84.0 cm³/mol. The Labute approximate surface area is 123 Å². The van der Waals surface area contributed by atoms with Crippen molar-refractivity contribution in [3.63, 3.8) is 0 Å². The van der Waals surface area contributed by atoms with Gasteiger partial charge in [0.2, 0.25) is 0 Å². The highest BCUT2D eigenvalue weighted by atomic mass is 15.3. The first kappa shape index (κ1) is 14.1. The second kappa shape index (κ2) is 6.25. The molecule has 3 rings (SSSR count). The number of hydrogen-bond donors (Lipinski definition) is 1. The maximum Gasteiger partial charge on any atom is 0.0478 e. The average Bonchev–Trinajstić information content (AvgIpc) is 2.67. The second-order valence-corrected chi connectivity index (χ2v) is 6.26. The van der Waals surface area contributed by atoms with Crippen LogP contribution in [0, 0.1) is 0 Å². The van der Waals surface area contributed by atoms with Crippen LogP contribution in [0.4, 0.5) is 0 Å². The van der Waals surface area contributed by atoms with Gasteiger partial charge in [-0.25, -0.2) is 0 Å². The molecule has 0 amide bonds. The smallest absolute Gasteiger partial charge is 0.0478 e. The molecule has 1 aromatic carbocycles. The molecule has 20 heavy (non-hydrogen) atoms. The molecule has 3 heteroatoms.